The summed E-state index contributed by atoms with van der Waals surface area (Å²) in [7, 11) is -1.94. The summed E-state index contributed by atoms with van der Waals surface area (Å²) < 4.78 is 26.0. The van der Waals surface area contributed by atoms with Crippen LogP contribution in [0.5, 0.6) is 0 Å². The van der Waals surface area contributed by atoms with E-state index in [1.807, 2.05) is 19.6 Å². The standard InChI is InChI=1S/C8H10ClF2NSi/c1-13(2,3)7-5(9)4-12-8(11)6(7)10/h4H,1-3H3. The molecule has 5 heteroatoms. The highest BCUT2D eigenvalue weighted by Gasteiger charge is 2.26. The first-order chi connectivity index (χ1) is 5.84. The molecule has 1 heterocycles. The van der Waals surface area contributed by atoms with Crippen molar-refractivity contribution in [2.24, 2.45) is 0 Å². The van der Waals surface area contributed by atoms with Crippen molar-refractivity contribution in [1.82, 2.24) is 4.98 Å². The van der Waals surface area contributed by atoms with Gasteiger partial charge in [-0.3, -0.25) is 0 Å². The summed E-state index contributed by atoms with van der Waals surface area (Å²) >= 11 is 5.75. The molecule has 1 rings (SSSR count). The molecule has 1 aromatic heterocycles. The summed E-state index contributed by atoms with van der Waals surface area (Å²) in [6.45, 7) is 5.70. The minimum absolute atomic E-state index is 0.220. The second-order valence-corrected chi connectivity index (χ2v) is 9.24. The Morgan fingerprint density at radius 2 is 1.85 bits per heavy atom. The molecular formula is C8H10ClF2NSi. The van der Waals surface area contributed by atoms with E-state index in [2.05, 4.69) is 4.98 Å². The minimum atomic E-state index is -1.94. The van der Waals surface area contributed by atoms with Crippen LogP contribution in [0.4, 0.5) is 8.78 Å². The molecule has 0 fully saturated rings. The van der Waals surface area contributed by atoms with Crippen LogP contribution in [0.25, 0.3) is 0 Å². The fourth-order valence-corrected chi connectivity index (χ4v) is 3.65. The number of hydrogen-bond acceptors (Lipinski definition) is 1. The van der Waals surface area contributed by atoms with Crippen LogP contribution in [-0.2, 0) is 0 Å². The van der Waals surface area contributed by atoms with Crippen molar-refractivity contribution in [3.05, 3.63) is 23.0 Å². The molecule has 0 radical (unpaired) electrons. The van der Waals surface area contributed by atoms with Gasteiger partial charge in [0.05, 0.1) is 13.1 Å². The molecule has 0 atom stereocenters. The van der Waals surface area contributed by atoms with Crippen LogP contribution in [-0.4, -0.2) is 13.1 Å². The Balaban J connectivity index is 3.43. The van der Waals surface area contributed by atoms with Crippen LogP contribution in [0.2, 0.25) is 24.7 Å². The Morgan fingerprint density at radius 1 is 1.31 bits per heavy atom. The molecular weight excluding hydrogens is 212 g/mol. The molecule has 0 saturated carbocycles. The molecule has 0 amide bonds. The van der Waals surface area contributed by atoms with E-state index in [-0.39, 0.29) is 5.02 Å². The molecule has 1 nitrogen and oxygen atoms in total. The SMILES string of the molecule is C[Si](C)(C)c1c(Cl)cnc(F)c1F. The molecule has 0 aliphatic carbocycles. The Kier molecular flexibility index (Phi) is 2.73. The molecule has 0 bridgehead atoms. The van der Waals surface area contributed by atoms with Crippen LogP contribution in [0.15, 0.2) is 6.20 Å². The van der Waals surface area contributed by atoms with E-state index in [4.69, 9.17) is 11.6 Å². The van der Waals surface area contributed by atoms with Crippen molar-refractivity contribution in [1.29, 1.82) is 0 Å². The predicted octanol–water partition coefficient (Wildman–Crippen LogP) is 2.56. The first kappa shape index (κ1) is 10.6. The van der Waals surface area contributed by atoms with Gasteiger partial charge in [-0.1, -0.05) is 31.2 Å². The zero-order valence-electron chi connectivity index (χ0n) is 7.66. The van der Waals surface area contributed by atoms with Crippen LogP contribution in [0, 0.1) is 11.8 Å². The number of nitrogens with zero attached hydrogens (tertiary/aromatic N) is 1. The quantitative estimate of drug-likeness (QED) is 0.525. The molecule has 0 aromatic carbocycles. The maximum atomic E-state index is 13.3. The van der Waals surface area contributed by atoms with Crippen molar-refractivity contribution in [2.75, 3.05) is 0 Å². The average Bonchev–Trinajstić information content (AvgIpc) is 1.95. The Morgan fingerprint density at radius 3 is 2.23 bits per heavy atom. The van der Waals surface area contributed by atoms with Gasteiger partial charge in [-0.05, 0) is 5.19 Å². The lowest BCUT2D eigenvalue weighted by Crippen LogP contribution is -2.41. The van der Waals surface area contributed by atoms with E-state index in [9.17, 15) is 8.78 Å². The van der Waals surface area contributed by atoms with Gasteiger partial charge in [0.15, 0.2) is 5.82 Å². The first-order valence-corrected chi connectivity index (χ1v) is 7.72. The van der Waals surface area contributed by atoms with E-state index in [1.165, 1.54) is 0 Å². The molecule has 0 unspecified atom stereocenters. The van der Waals surface area contributed by atoms with Gasteiger partial charge in [0.1, 0.15) is 0 Å². The van der Waals surface area contributed by atoms with E-state index in [0.29, 0.717) is 5.19 Å². The zero-order valence-corrected chi connectivity index (χ0v) is 9.41. The van der Waals surface area contributed by atoms with Crippen LogP contribution >= 0.6 is 11.6 Å². The summed E-state index contributed by atoms with van der Waals surface area (Å²) in [5.41, 5.74) is 0. The minimum Gasteiger partial charge on any atom is -0.224 e. The smallest absolute Gasteiger partial charge is 0.224 e. The number of halogens is 3. The lowest BCUT2D eigenvalue weighted by atomic mass is 10.4. The average molecular weight is 222 g/mol. The van der Waals surface area contributed by atoms with Gasteiger partial charge in [-0.2, -0.15) is 4.39 Å². The molecule has 0 N–H and O–H groups in total. The molecule has 0 aliphatic rings. The van der Waals surface area contributed by atoms with Gasteiger partial charge in [-0.25, -0.2) is 9.37 Å². The summed E-state index contributed by atoms with van der Waals surface area (Å²) in [6, 6.07) is 0. The van der Waals surface area contributed by atoms with E-state index in [0.717, 1.165) is 6.20 Å². The zero-order chi connectivity index (χ0) is 10.2. The highest BCUT2D eigenvalue weighted by atomic mass is 35.5. The second-order valence-electron chi connectivity index (χ2n) is 3.84. The van der Waals surface area contributed by atoms with Crippen LogP contribution in [0.3, 0.4) is 0 Å². The molecule has 0 spiro atoms. The Labute approximate surface area is 81.8 Å². The third-order valence-corrected chi connectivity index (χ3v) is 4.11. The highest BCUT2D eigenvalue weighted by Crippen LogP contribution is 2.15. The summed E-state index contributed by atoms with van der Waals surface area (Å²) in [5, 5.41) is 0.528. The largest absolute Gasteiger partial charge is 0.248 e. The molecule has 72 valence electrons. The van der Waals surface area contributed by atoms with Crippen molar-refractivity contribution in [3.63, 3.8) is 0 Å². The first-order valence-electron chi connectivity index (χ1n) is 3.84. The maximum Gasteiger partial charge on any atom is 0.248 e. The van der Waals surface area contributed by atoms with Gasteiger partial charge in [0.2, 0.25) is 5.95 Å². The summed E-state index contributed by atoms with van der Waals surface area (Å²) in [6.07, 6.45) is 1.16. The lowest BCUT2D eigenvalue weighted by molar-refractivity contribution is 0.484. The van der Waals surface area contributed by atoms with Gasteiger partial charge >= 0.3 is 0 Å². The third-order valence-electron chi connectivity index (χ3n) is 1.68. The van der Waals surface area contributed by atoms with Gasteiger partial charge in [0.25, 0.3) is 0 Å². The Hall–Kier alpha value is -0.483. The monoisotopic (exact) mass is 221 g/mol. The van der Waals surface area contributed by atoms with E-state index in [1.54, 1.807) is 0 Å². The van der Waals surface area contributed by atoms with Gasteiger partial charge < -0.3 is 0 Å². The topological polar surface area (TPSA) is 12.9 Å². The summed E-state index contributed by atoms with van der Waals surface area (Å²) in [5.74, 6) is -1.96. The molecule has 13 heavy (non-hydrogen) atoms. The van der Waals surface area contributed by atoms with Crippen molar-refractivity contribution < 1.29 is 8.78 Å². The number of hydrogen-bond donors (Lipinski definition) is 0. The highest BCUT2D eigenvalue weighted by molar-refractivity contribution is 6.90. The van der Waals surface area contributed by atoms with Crippen molar-refractivity contribution >= 4 is 24.9 Å². The van der Waals surface area contributed by atoms with E-state index < -0.39 is 19.8 Å². The lowest BCUT2D eigenvalue weighted by Gasteiger charge is -2.18. The molecule has 1 aromatic rings. The number of pyridine rings is 1. The predicted molar refractivity (Wildman–Crippen MR) is 52.1 cm³/mol. The molecule has 0 aliphatic heterocycles. The third kappa shape index (κ3) is 2.06. The fraction of sp³-hybridized carbons (Fsp3) is 0.375. The normalized spacial score (nSPS) is 11.8. The molecule has 0 saturated heterocycles. The summed E-state index contributed by atoms with van der Waals surface area (Å²) in [4.78, 5) is 3.20. The van der Waals surface area contributed by atoms with Gasteiger partial charge in [0, 0.05) is 6.20 Å². The van der Waals surface area contributed by atoms with Crippen molar-refractivity contribution in [3.8, 4) is 0 Å². The number of aromatic nitrogens is 1. The Bertz CT molecular complexity index is 336. The van der Waals surface area contributed by atoms with Crippen LogP contribution < -0.4 is 5.19 Å². The van der Waals surface area contributed by atoms with Crippen LogP contribution in [0.1, 0.15) is 0 Å². The number of rotatable bonds is 1. The fourth-order valence-electron chi connectivity index (χ4n) is 1.13. The van der Waals surface area contributed by atoms with Gasteiger partial charge in [-0.15, -0.1) is 0 Å². The van der Waals surface area contributed by atoms with E-state index >= 15 is 0 Å². The maximum absolute atomic E-state index is 13.3. The second kappa shape index (κ2) is 3.34. The van der Waals surface area contributed by atoms with Crippen molar-refractivity contribution in [2.45, 2.75) is 19.6 Å².